The third-order valence-corrected chi connectivity index (χ3v) is 5.07. The van der Waals surface area contributed by atoms with Crippen LogP contribution in [0.5, 0.6) is 0 Å². The number of anilines is 1. The molecule has 0 bridgehead atoms. The van der Waals surface area contributed by atoms with E-state index >= 15 is 0 Å². The van der Waals surface area contributed by atoms with Crippen molar-refractivity contribution in [1.82, 2.24) is 14.9 Å². The Bertz CT molecular complexity index is 1210. The van der Waals surface area contributed by atoms with Crippen LogP contribution in [0.15, 0.2) is 65.5 Å². The average Bonchev–Trinajstić information content (AvgIpc) is 3.06. The zero-order chi connectivity index (χ0) is 19.7. The molecule has 28 heavy (non-hydrogen) atoms. The lowest BCUT2D eigenvalue weighted by Crippen LogP contribution is -2.39. The fourth-order valence-corrected chi connectivity index (χ4v) is 3.32. The summed E-state index contributed by atoms with van der Waals surface area (Å²) in [5.74, 6) is -0.0967. The van der Waals surface area contributed by atoms with Crippen LogP contribution in [0.4, 0.5) is 5.69 Å². The second-order valence-corrected chi connectivity index (χ2v) is 7.10. The fourth-order valence-electron chi connectivity index (χ4n) is 3.32. The zero-order valence-electron chi connectivity index (χ0n) is 15.8. The molecule has 0 radical (unpaired) electrons. The van der Waals surface area contributed by atoms with Crippen LogP contribution in [0.3, 0.4) is 0 Å². The molecular formula is C22H22N4O2. The standard InChI is InChI=1S/C22H22N4O2/c1-14(21(27)23-18-9-10-19-20(12-18)25-22(28)24-19)26(2)13-15-7-8-16-5-3-4-6-17(16)11-15/h3-12,14H,13H2,1-2H3,(H,23,27)(H2,24,25,28). The number of hydrogen-bond acceptors (Lipinski definition) is 3. The topological polar surface area (TPSA) is 81.0 Å². The molecule has 3 N–H and O–H groups in total. The van der Waals surface area contributed by atoms with Crippen LogP contribution < -0.4 is 11.0 Å². The highest BCUT2D eigenvalue weighted by Crippen LogP contribution is 2.18. The molecule has 6 nitrogen and oxygen atoms in total. The molecule has 0 spiro atoms. The highest BCUT2D eigenvalue weighted by Gasteiger charge is 2.18. The number of carbonyl (C=O) groups excluding carboxylic acids is 1. The maximum Gasteiger partial charge on any atom is 0.323 e. The lowest BCUT2D eigenvalue weighted by atomic mass is 10.1. The number of aromatic amines is 2. The number of H-pyrrole nitrogens is 2. The molecule has 0 saturated heterocycles. The van der Waals surface area contributed by atoms with Crippen LogP contribution in [-0.2, 0) is 11.3 Å². The smallest absolute Gasteiger partial charge is 0.323 e. The third-order valence-electron chi connectivity index (χ3n) is 5.07. The molecule has 142 valence electrons. The Balaban J connectivity index is 1.44. The maximum absolute atomic E-state index is 12.7. The Morgan fingerprint density at radius 1 is 1.00 bits per heavy atom. The number of hydrogen-bond donors (Lipinski definition) is 3. The van der Waals surface area contributed by atoms with Crippen LogP contribution in [0.2, 0.25) is 0 Å². The van der Waals surface area contributed by atoms with E-state index in [9.17, 15) is 9.59 Å². The highest BCUT2D eigenvalue weighted by molar-refractivity contribution is 5.96. The van der Waals surface area contributed by atoms with E-state index in [0.717, 1.165) is 5.56 Å². The normalized spacial score (nSPS) is 12.5. The van der Waals surface area contributed by atoms with Crippen molar-refractivity contribution in [3.8, 4) is 0 Å². The molecule has 0 aliphatic carbocycles. The summed E-state index contributed by atoms with van der Waals surface area (Å²) in [5, 5.41) is 5.32. The van der Waals surface area contributed by atoms with Gasteiger partial charge in [-0.2, -0.15) is 0 Å². The predicted molar refractivity (Wildman–Crippen MR) is 112 cm³/mol. The van der Waals surface area contributed by atoms with Crippen molar-refractivity contribution >= 4 is 33.4 Å². The minimum absolute atomic E-state index is 0.0967. The van der Waals surface area contributed by atoms with E-state index in [-0.39, 0.29) is 17.6 Å². The van der Waals surface area contributed by atoms with Crippen molar-refractivity contribution in [3.63, 3.8) is 0 Å². The van der Waals surface area contributed by atoms with Crippen LogP contribution in [0.1, 0.15) is 12.5 Å². The van der Waals surface area contributed by atoms with E-state index in [2.05, 4.69) is 45.6 Å². The molecule has 0 aliphatic rings. The number of nitrogens with zero attached hydrogens (tertiary/aromatic N) is 1. The summed E-state index contributed by atoms with van der Waals surface area (Å²) >= 11 is 0. The van der Waals surface area contributed by atoms with Gasteiger partial charge in [0.25, 0.3) is 0 Å². The molecule has 1 aromatic heterocycles. The summed E-state index contributed by atoms with van der Waals surface area (Å²) in [6, 6.07) is 19.6. The number of fused-ring (bicyclic) bond motifs is 2. The second-order valence-electron chi connectivity index (χ2n) is 7.10. The summed E-state index contributed by atoms with van der Waals surface area (Å²) in [5.41, 5.74) is 2.93. The van der Waals surface area contributed by atoms with Gasteiger partial charge in [-0.05, 0) is 54.6 Å². The first-order valence-corrected chi connectivity index (χ1v) is 9.20. The quantitative estimate of drug-likeness (QED) is 0.500. The molecule has 0 aliphatic heterocycles. The molecule has 1 amide bonds. The number of aromatic nitrogens is 2. The van der Waals surface area contributed by atoms with E-state index in [1.54, 1.807) is 18.2 Å². The SMILES string of the molecule is CC(C(=O)Nc1ccc2[nH]c(=O)[nH]c2c1)N(C)Cc1ccc2ccccc2c1. The Labute approximate surface area is 162 Å². The zero-order valence-corrected chi connectivity index (χ0v) is 15.8. The van der Waals surface area contributed by atoms with Crippen molar-refractivity contribution in [2.24, 2.45) is 0 Å². The van der Waals surface area contributed by atoms with Gasteiger partial charge >= 0.3 is 5.69 Å². The van der Waals surface area contributed by atoms with Crippen molar-refractivity contribution in [3.05, 3.63) is 76.7 Å². The average molecular weight is 374 g/mol. The van der Waals surface area contributed by atoms with Crippen molar-refractivity contribution < 1.29 is 4.79 Å². The second kappa shape index (κ2) is 7.32. The Morgan fingerprint density at radius 2 is 1.75 bits per heavy atom. The lowest BCUT2D eigenvalue weighted by molar-refractivity contribution is -0.120. The number of imidazole rings is 1. The first-order valence-electron chi connectivity index (χ1n) is 9.20. The first kappa shape index (κ1) is 18.0. The Morgan fingerprint density at radius 3 is 2.57 bits per heavy atom. The van der Waals surface area contributed by atoms with E-state index in [1.165, 1.54) is 10.8 Å². The minimum atomic E-state index is -0.313. The van der Waals surface area contributed by atoms with Gasteiger partial charge in [0.15, 0.2) is 0 Å². The van der Waals surface area contributed by atoms with Gasteiger partial charge < -0.3 is 15.3 Å². The maximum atomic E-state index is 12.7. The number of benzene rings is 3. The largest absolute Gasteiger partial charge is 0.325 e. The summed E-state index contributed by atoms with van der Waals surface area (Å²) < 4.78 is 0. The Kier molecular flexibility index (Phi) is 4.71. The van der Waals surface area contributed by atoms with Crippen molar-refractivity contribution in [2.75, 3.05) is 12.4 Å². The number of amides is 1. The van der Waals surface area contributed by atoms with Gasteiger partial charge in [0.1, 0.15) is 0 Å². The van der Waals surface area contributed by atoms with Gasteiger partial charge in [-0.15, -0.1) is 0 Å². The van der Waals surface area contributed by atoms with Crippen molar-refractivity contribution in [1.29, 1.82) is 0 Å². The molecule has 1 atom stereocenters. The highest BCUT2D eigenvalue weighted by atomic mass is 16.2. The van der Waals surface area contributed by atoms with Crippen LogP contribution in [0, 0.1) is 0 Å². The third kappa shape index (κ3) is 3.68. The van der Waals surface area contributed by atoms with Crippen LogP contribution in [0.25, 0.3) is 21.8 Å². The molecule has 4 aromatic rings. The summed E-state index contributed by atoms with van der Waals surface area (Å²) in [6.45, 7) is 2.55. The molecule has 6 heteroatoms. The summed E-state index contributed by atoms with van der Waals surface area (Å²) in [6.07, 6.45) is 0. The summed E-state index contributed by atoms with van der Waals surface area (Å²) in [4.78, 5) is 31.4. The van der Waals surface area contributed by atoms with Gasteiger partial charge in [0, 0.05) is 12.2 Å². The number of rotatable bonds is 5. The molecule has 1 unspecified atom stereocenters. The van der Waals surface area contributed by atoms with E-state index in [4.69, 9.17) is 0 Å². The predicted octanol–water partition coefficient (Wildman–Crippen LogP) is 3.47. The van der Waals surface area contributed by atoms with E-state index in [1.807, 2.05) is 31.0 Å². The fraction of sp³-hybridized carbons (Fsp3) is 0.182. The molecule has 4 rings (SSSR count). The van der Waals surface area contributed by atoms with Gasteiger partial charge in [-0.1, -0.05) is 36.4 Å². The molecular weight excluding hydrogens is 352 g/mol. The first-order chi connectivity index (χ1) is 13.5. The Hall–Kier alpha value is -3.38. The van der Waals surface area contributed by atoms with Crippen molar-refractivity contribution in [2.45, 2.75) is 19.5 Å². The van der Waals surface area contributed by atoms with E-state index in [0.29, 0.717) is 23.3 Å². The minimum Gasteiger partial charge on any atom is -0.325 e. The van der Waals surface area contributed by atoms with Crippen LogP contribution >= 0.6 is 0 Å². The van der Waals surface area contributed by atoms with Gasteiger partial charge in [-0.3, -0.25) is 9.69 Å². The summed E-state index contributed by atoms with van der Waals surface area (Å²) in [7, 11) is 1.94. The number of nitrogens with one attached hydrogen (secondary N) is 3. The molecule has 1 heterocycles. The molecule has 0 saturated carbocycles. The van der Waals surface area contributed by atoms with Crippen LogP contribution in [-0.4, -0.2) is 33.9 Å². The number of carbonyl (C=O) groups is 1. The van der Waals surface area contributed by atoms with Gasteiger partial charge in [-0.25, -0.2) is 4.79 Å². The van der Waals surface area contributed by atoms with Gasteiger partial charge in [0.2, 0.25) is 5.91 Å². The molecule has 3 aromatic carbocycles. The monoisotopic (exact) mass is 374 g/mol. The lowest BCUT2D eigenvalue weighted by Gasteiger charge is -2.24. The van der Waals surface area contributed by atoms with Gasteiger partial charge in [0.05, 0.1) is 17.1 Å². The van der Waals surface area contributed by atoms with E-state index < -0.39 is 0 Å². The number of likely N-dealkylation sites (N-methyl/N-ethyl adjacent to an activating group) is 1. The molecule has 0 fully saturated rings.